The standard InChI is InChI=1S/C26H24Br2FN3O4S/c27-20-7-8-23(28)24(15-20)37(35,36)32-11-9-18(10-12-32)25(33)30-16-17-3-1-6-22(13-17)31-26(34)19-4-2-5-21(29)14-19/h1-8,13-15,18H,9-12,16H2,(H,30,33)(H,31,34). The molecule has 2 amide bonds. The first-order chi connectivity index (χ1) is 17.6. The number of anilines is 1. The Bertz CT molecular complexity index is 1430. The Balaban J connectivity index is 1.31. The van der Waals surface area contributed by atoms with Crippen molar-refractivity contribution in [2.75, 3.05) is 18.4 Å². The number of sulfonamides is 1. The zero-order valence-electron chi connectivity index (χ0n) is 19.6. The van der Waals surface area contributed by atoms with Crippen LogP contribution >= 0.6 is 31.9 Å². The third-order valence-corrected chi connectivity index (χ3v) is 9.46. The number of hydrogen-bond acceptors (Lipinski definition) is 4. The molecule has 0 bridgehead atoms. The summed E-state index contributed by atoms with van der Waals surface area (Å²) >= 11 is 6.63. The molecule has 0 aliphatic carbocycles. The number of benzene rings is 3. The van der Waals surface area contributed by atoms with E-state index in [0.29, 0.717) is 27.5 Å². The van der Waals surface area contributed by atoms with E-state index in [-0.39, 0.29) is 41.9 Å². The van der Waals surface area contributed by atoms with Crippen LogP contribution in [0.1, 0.15) is 28.8 Å². The largest absolute Gasteiger partial charge is 0.352 e. The highest BCUT2D eigenvalue weighted by Crippen LogP contribution is 2.30. The SMILES string of the molecule is O=C(Nc1cccc(CNC(=O)C2CCN(S(=O)(=O)c3cc(Br)ccc3Br)CC2)c1)c1cccc(F)c1. The molecule has 2 N–H and O–H groups in total. The molecule has 4 rings (SSSR count). The topological polar surface area (TPSA) is 95.6 Å². The molecule has 11 heteroatoms. The molecule has 0 radical (unpaired) electrons. The summed E-state index contributed by atoms with van der Waals surface area (Å²) in [5.41, 5.74) is 1.52. The van der Waals surface area contributed by atoms with Gasteiger partial charge in [0.05, 0.1) is 4.90 Å². The van der Waals surface area contributed by atoms with Crippen molar-refractivity contribution in [3.63, 3.8) is 0 Å². The van der Waals surface area contributed by atoms with E-state index < -0.39 is 21.7 Å². The molecule has 7 nitrogen and oxygen atoms in total. The van der Waals surface area contributed by atoms with E-state index in [1.165, 1.54) is 22.5 Å². The van der Waals surface area contributed by atoms with Gasteiger partial charge in [-0.1, -0.05) is 34.1 Å². The van der Waals surface area contributed by atoms with Crippen molar-refractivity contribution in [3.05, 3.63) is 92.6 Å². The molecule has 1 aliphatic rings. The number of carbonyl (C=O) groups is 2. The Hall–Kier alpha value is -2.60. The predicted octanol–water partition coefficient (Wildman–Crippen LogP) is 5.32. The van der Waals surface area contributed by atoms with Crippen molar-refractivity contribution < 1.29 is 22.4 Å². The summed E-state index contributed by atoms with van der Waals surface area (Å²) in [4.78, 5) is 25.3. The molecule has 3 aromatic carbocycles. The van der Waals surface area contributed by atoms with E-state index in [1.807, 2.05) is 6.07 Å². The highest BCUT2D eigenvalue weighted by Gasteiger charge is 2.33. The van der Waals surface area contributed by atoms with Crippen molar-refractivity contribution >= 4 is 59.4 Å². The summed E-state index contributed by atoms with van der Waals surface area (Å²) in [5.74, 6) is -1.37. The monoisotopic (exact) mass is 651 g/mol. The quantitative estimate of drug-likeness (QED) is 0.361. The minimum atomic E-state index is -3.69. The van der Waals surface area contributed by atoms with Crippen molar-refractivity contribution in [2.24, 2.45) is 5.92 Å². The van der Waals surface area contributed by atoms with Gasteiger partial charge in [0.15, 0.2) is 0 Å². The number of nitrogens with zero attached hydrogens (tertiary/aromatic N) is 1. The van der Waals surface area contributed by atoms with Gasteiger partial charge in [0, 0.05) is 45.7 Å². The van der Waals surface area contributed by atoms with Gasteiger partial charge < -0.3 is 10.6 Å². The molecule has 1 heterocycles. The average Bonchev–Trinajstić information content (AvgIpc) is 2.89. The molecular formula is C26H24Br2FN3O4S. The molecule has 1 fully saturated rings. The Kier molecular flexibility index (Phi) is 8.79. The molecule has 0 spiro atoms. The molecule has 0 unspecified atom stereocenters. The molecular weight excluding hydrogens is 629 g/mol. The molecule has 0 saturated carbocycles. The summed E-state index contributed by atoms with van der Waals surface area (Å²) in [7, 11) is -3.69. The van der Waals surface area contributed by atoms with Gasteiger partial charge in [-0.3, -0.25) is 9.59 Å². The van der Waals surface area contributed by atoms with Crippen LogP contribution in [0.15, 0.2) is 80.6 Å². The summed E-state index contributed by atoms with van der Waals surface area (Å²) in [6.45, 7) is 0.758. The van der Waals surface area contributed by atoms with Gasteiger partial charge >= 0.3 is 0 Å². The van der Waals surface area contributed by atoms with Gasteiger partial charge in [0.25, 0.3) is 5.91 Å². The Morgan fingerprint density at radius 2 is 1.70 bits per heavy atom. The van der Waals surface area contributed by atoms with Gasteiger partial charge in [0.1, 0.15) is 5.82 Å². The Morgan fingerprint density at radius 3 is 2.43 bits per heavy atom. The minimum Gasteiger partial charge on any atom is -0.352 e. The zero-order valence-corrected chi connectivity index (χ0v) is 23.6. The Labute approximate surface area is 231 Å². The Morgan fingerprint density at radius 1 is 0.973 bits per heavy atom. The fraction of sp³-hybridized carbons (Fsp3) is 0.231. The van der Waals surface area contributed by atoms with Gasteiger partial charge in [0.2, 0.25) is 15.9 Å². The summed E-state index contributed by atoms with van der Waals surface area (Å²) < 4.78 is 42.1. The van der Waals surface area contributed by atoms with Crippen LogP contribution in [-0.4, -0.2) is 37.6 Å². The van der Waals surface area contributed by atoms with E-state index in [2.05, 4.69) is 42.5 Å². The lowest BCUT2D eigenvalue weighted by molar-refractivity contribution is -0.126. The van der Waals surface area contributed by atoms with Gasteiger partial charge in [-0.15, -0.1) is 0 Å². The molecule has 3 aromatic rings. The second-order valence-corrected chi connectivity index (χ2v) is 12.3. The van der Waals surface area contributed by atoms with Crippen LogP contribution in [0.5, 0.6) is 0 Å². The van der Waals surface area contributed by atoms with Gasteiger partial charge in [-0.25, -0.2) is 12.8 Å². The van der Waals surface area contributed by atoms with Crippen LogP contribution in [0.4, 0.5) is 10.1 Å². The summed E-state index contributed by atoms with van der Waals surface area (Å²) in [6.07, 6.45) is 0.834. The van der Waals surface area contributed by atoms with Crippen LogP contribution in [0.2, 0.25) is 0 Å². The fourth-order valence-electron chi connectivity index (χ4n) is 4.10. The number of nitrogens with one attached hydrogen (secondary N) is 2. The number of piperidine rings is 1. The highest BCUT2D eigenvalue weighted by atomic mass is 79.9. The number of amides is 2. The van der Waals surface area contributed by atoms with Gasteiger partial charge in [-0.05, 0) is 82.9 Å². The number of halogens is 3. The maximum atomic E-state index is 13.4. The predicted molar refractivity (Wildman–Crippen MR) is 146 cm³/mol. The average molecular weight is 653 g/mol. The fourth-order valence-corrected chi connectivity index (χ4v) is 7.03. The minimum absolute atomic E-state index is 0.144. The van der Waals surface area contributed by atoms with Crippen molar-refractivity contribution in [2.45, 2.75) is 24.3 Å². The summed E-state index contributed by atoms with van der Waals surface area (Å²) in [5, 5.41) is 5.64. The second kappa shape index (κ2) is 11.8. The lowest BCUT2D eigenvalue weighted by Gasteiger charge is -2.30. The van der Waals surface area contributed by atoms with Crippen molar-refractivity contribution in [3.8, 4) is 0 Å². The first-order valence-corrected chi connectivity index (χ1v) is 14.5. The lowest BCUT2D eigenvalue weighted by Crippen LogP contribution is -2.42. The third kappa shape index (κ3) is 6.84. The van der Waals surface area contributed by atoms with Crippen molar-refractivity contribution in [1.82, 2.24) is 9.62 Å². The van der Waals surface area contributed by atoms with Gasteiger partial charge in [-0.2, -0.15) is 4.31 Å². The highest BCUT2D eigenvalue weighted by molar-refractivity contribution is 9.11. The number of hydrogen-bond donors (Lipinski definition) is 2. The van der Waals surface area contributed by atoms with Crippen LogP contribution in [0.3, 0.4) is 0 Å². The molecule has 0 aromatic heterocycles. The maximum absolute atomic E-state index is 13.4. The normalized spacial score (nSPS) is 14.8. The molecule has 194 valence electrons. The third-order valence-electron chi connectivity index (χ3n) is 6.07. The van der Waals surface area contributed by atoms with E-state index in [4.69, 9.17) is 0 Å². The molecule has 1 saturated heterocycles. The number of carbonyl (C=O) groups excluding carboxylic acids is 2. The van der Waals surface area contributed by atoms with Crippen LogP contribution in [-0.2, 0) is 21.4 Å². The smallest absolute Gasteiger partial charge is 0.255 e. The van der Waals surface area contributed by atoms with Crippen LogP contribution in [0, 0.1) is 11.7 Å². The molecule has 1 aliphatic heterocycles. The first-order valence-electron chi connectivity index (χ1n) is 11.5. The summed E-state index contributed by atoms with van der Waals surface area (Å²) in [6, 6.07) is 17.4. The lowest BCUT2D eigenvalue weighted by atomic mass is 9.97. The molecule has 37 heavy (non-hydrogen) atoms. The van der Waals surface area contributed by atoms with E-state index in [1.54, 1.807) is 36.4 Å². The maximum Gasteiger partial charge on any atom is 0.255 e. The van der Waals surface area contributed by atoms with E-state index in [9.17, 15) is 22.4 Å². The van der Waals surface area contributed by atoms with Crippen LogP contribution < -0.4 is 10.6 Å². The van der Waals surface area contributed by atoms with Crippen molar-refractivity contribution in [1.29, 1.82) is 0 Å². The zero-order chi connectivity index (χ0) is 26.6. The van der Waals surface area contributed by atoms with E-state index >= 15 is 0 Å². The van der Waals surface area contributed by atoms with Crippen LogP contribution in [0.25, 0.3) is 0 Å². The molecule has 0 atom stereocenters. The second-order valence-electron chi connectivity index (χ2n) is 8.64. The van der Waals surface area contributed by atoms with E-state index in [0.717, 1.165) is 11.6 Å². The first kappa shape index (κ1) is 27.4. The number of rotatable bonds is 7.